The number of carbonyl (C=O) groups excluding carboxylic acids is 10. The van der Waals surface area contributed by atoms with E-state index in [-0.39, 0.29) is 74.1 Å². The highest BCUT2D eigenvalue weighted by Crippen LogP contribution is 2.44. The maximum absolute atomic E-state index is 13.6. The van der Waals surface area contributed by atoms with E-state index in [2.05, 4.69) is 30.7 Å². The van der Waals surface area contributed by atoms with Crippen LogP contribution >= 0.6 is 0 Å². The fraction of sp³-hybridized carbons (Fsp3) is 0.0862. The second kappa shape index (κ2) is 39.5. The molecule has 714 valence electrons. The number of imide groups is 4. The van der Waals surface area contributed by atoms with Crippen molar-refractivity contribution in [3.05, 3.63) is 441 Å². The zero-order chi connectivity index (χ0) is 102. The molecule has 0 bridgehead atoms. The summed E-state index contributed by atoms with van der Waals surface area (Å²) in [4.78, 5) is 167. The number of nitrogens with zero attached hydrogens (tertiary/aromatic N) is 7. The maximum atomic E-state index is 13.6. The van der Waals surface area contributed by atoms with Crippen molar-refractivity contribution in [2.45, 2.75) is 54.4 Å². The van der Waals surface area contributed by atoms with Gasteiger partial charge in [0.05, 0.1) is 93.2 Å². The summed E-state index contributed by atoms with van der Waals surface area (Å²) in [7, 11) is 0. The molecular weight excluding hydrogens is 1840 g/mol. The van der Waals surface area contributed by atoms with E-state index >= 15 is 0 Å². The van der Waals surface area contributed by atoms with Gasteiger partial charge in [0, 0.05) is 72.4 Å². The van der Waals surface area contributed by atoms with Crippen molar-refractivity contribution in [1.82, 2.24) is 0 Å². The Hall–Kier alpha value is -19.4. The number of hydrogen-bond acceptors (Lipinski definition) is 22. The molecule has 8 amide bonds. The van der Waals surface area contributed by atoms with E-state index in [0.717, 1.165) is 101 Å². The Morgan fingerprint density at radius 1 is 0.214 bits per heavy atom. The molecule has 8 N–H and O–H groups in total. The molecular formula is C116H87N11O18. The summed E-state index contributed by atoms with van der Waals surface area (Å²) >= 11 is 0. The number of non-ortho nitro benzene ring substituents is 3. The van der Waals surface area contributed by atoms with Crippen molar-refractivity contribution in [3.63, 3.8) is 0 Å². The number of hydrogen-bond donors (Lipinski definition) is 4. The van der Waals surface area contributed by atoms with Crippen LogP contribution in [0.5, 0.6) is 0 Å². The summed E-state index contributed by atoms with van der Waals surface area (Å²) < 4.78 is 9.45. The minimum Gasteiger partial charge on any atom is -0.399 e. The molecule has 0 unspecified atom stereocenters. The van der Waals surface area contributed by atoms with Crippen LogP contribution in [0.1, 0.15) is 150 Å². The fourth-order valence-corrected chi connectivity index (χ4v) is 18.4. The lowest BCUT2D eigenvalue weighted by molar-refractivity contribution is -0.385. The number of esters is 2. The molecule has 29 nitrogen and oxygen atoms in total. The number of anilines is 8. The highest BCUT2D eigenvalue weighted by atomic mass is 16.6. The van der Waals surface area contributed by atoms with Gasteiger partial charge in [-0.1, -0.05) is 91.0 Å². The van der Waals surface area contributed by atoms with Gasteiger partial charge in [0.2, 0.25) is 0 Å². The van der Waals surface area contributed by atoms with Gasteiger partial charge in [0.1, 0.15) is 0 Å². The topological polar surface area (TPSA) is 436 Å². The standard InChI is InChI=1S/C42H26N4O8.C42H30N4O4.C14H16N2.C14H7NO5.C4H8O/c1-23-19-31(43-39(47)35-15-7-27(21-37(35)41(43)49)25-3-9-29(10-4-25)45(51)52)13-17-33(23)34-18-14-32(20-24(34)2)44-40(48)36-16-8-28(22-38(36)42(44)50)26-5-11-30(12-6-26)46(53)54;1-23-19-31(45-39(47)35-15-7-27(21-37(35)41(45)49)25-3-9-29(43)10-4-25)13-17-33(23)34-18-14-32(20-24(34)2)46-40(48)36-16-8-28(22-38(36)42(46)50)26-5-11-30(44)12-6-26;1-9-7-11(15)3-5-13(9)14-6-4-12(16)8-10(14)2;16-13-11-6-3-9(7-12(11)14(17)20-13)8-1-4-10(5-2-8)15(18)19;1-2-4-5-3-1/h3-22H,1-2H3;3-22H,43-44H2,1-2H3;3-8H,15-16H2,1-2H3;1-7H;1-4H2. The molecule has 29 heteroatoms. The van der Waals surface area contributed by atoms with E-state index in [1.54, 1.807) is 170 Å². The summed E-state index contributed by atoms with van der Waals surface area (Å²) in [6.45, 7) is 13.7. The van der Waals surface area contributed by atoms with Gasteiger partial charge in [0.15, 0.2) is 0 Å². The summed E-state index contributed by atoms with van der Waals surface area (Å²) in [5, 5.41) is 32.7. The van der Waals surface area contributed by atoms with Crippen molar-refractivity contribution in [3.8, 4) is 89.0 Å². The number of cyclic esters (lactones) is 2. The number of nitro groups is 3. The molecule has 1 fully saturated rings. The number of nitro benzene ring substituents is 3. The number of fused-ring (bicyclic) bond motifs is 5. The lowest BCUT2D eigenvalue weighted by Gasteiger charge is -2.19. The smallest absolute Gasteiger partial charge is 0.346 e. The molecule has 6 heterocycles. The lowest BCUT2D eigenvalue weighted by atomic mass is 9.95. The molecule has 0 atom stereocenters. The second-order valence-corrected chi connectivity index (χ2v) is 35.4. The van der Waals surface area contributed by atoms with Gasteiger partial charge in [-0.05, 0) is 371 Å². The molecule has 0 saturated carbocycles. The third-order valence-electron chi connectivity index (χ3n) is 26.0. The van der Waals surface area contributed by atoms with Gasteiger partial charge in [-0.2, -0.15) is 0 Å². The van der Waals surface area contributed by atoms with Crippen LogP contribution in [0.2, 0.25) is 0 Å². The van der Waals surface area contributed by atoms with Crippen LogP contribution in [-0.4, -0.2) is 87.2 Å². The fourth-order valence-electron chi connectivity index (χ4n) is 18.4. The summed E-state index contributed by atoms with van der Waals surface area (Å²) in [5.74, 6) is -4.70. The van der Waals surface area contributed by atoms with Crippen LogP contribution in [0, 0.1) is 71.9 Å². The normalized spacial score (nSPS) is 13.4. The third-order valence-corrected chi connectivity index (χ3v) is 26.0. The van der Waals surface area contributed by atoms with E-state index in [1.807, 2.05) is 125 Å². The first-order chi connectivity index (χ1) is 69.6. The number of carbonyl (C=O) groups is 10. The van der Waals surface area contributed by atoms with E-state index < -0.39 is 50.3 Å². The first-order valence-corrected chi connectivity index (χ1v) is 45.9. The largest absolute Gasteiger partial charge is 0.399 e. The SMILES string of the molecule is C1CCOC1.Cc1cc(N)ccc1-c1ccc(N)cc1C.Cc1cc(N2C(=O)c3ccc(-c4ccc(N)cc4)cc3C2=O)ccc1-c1ccc(N2C(=O)c3ccc(-c4ccc(N)cc4)cc3C2=O)cc1C.Cc1cc(N2C(=O)c3ccc(-c4ccc([N+](=O)[O-])cc4)cc3C2=O)ccc1-c1ccc(N2C(=O)c3ccc(-c4ccc([N+](=O)[O-])cc4)cc3C2=O)cc1C.O=C1OC(=O)c2cc(-c3ccc([N+](=O)[O-])cc3)ccc21. The molecule has 16 aromatic rings. The Morgan fingerprint density at radius 3 is 0.634 bits per heavy atom. The summed E-state index contributed by atoms with van der Waals surface area (Å²) in [6, 6.07) is 91.1. The zero-order valence-corrected chi connectivity index (χ0v) is 78.7. The molecule has 0 aromatic heterocycles. The van der Waals surface area contributed by atoms with Crippen LogP contribution in [0.4, 0.5) is 62.6 Å². The van der Waals surface area contributed by atoms with E-state index in [4.69, 9.17) is 27.7 Å². The number of rotatable bonds is 15. The lowest BCUT2D eigenvalue weighted by Crippen LogP contribution is -2.29. The molecule has 145 heavy (non-hydrogen) atoms. The van der Waals surface area contributed by atoms with Crippen molar-refractivity contribution in [2.24, 2.45) is 0 Å². The number of aryl methyl sites for hydroxylation is 6. The molecule has 0 radical (unpaired) electrons. The van der Waals surface area contributed by atoms with Gasteiger partial charge in [-0.15, -0.1) is 0 Å². The predicted molar refractivity (Wildman–Crippen MR) is 555 cm³/mol. The predicted octanol–water partition coefficient (Wildman–Crippen LogP) is 23.3. The summed E-state index contributed by atoms with van der Waals surface area (Å²) in [5.41, 5.74) is 49.5. The van der Waals surface area contributed by atoms with Crippen LogP contribution in [0.3, 0.4) is 0 Å². The van der Waals surface area contributed by atoms with E-state index in [1.165, 1.54) is 87.4 Å². The molecule has 0 aliphatic carbocycles. The Labute approximate surface area is 829 Å². The monoisotopic (exact) mass is 1920 g/mol. The van der Waals surface area contributed by atoms with Crippen molar-refractivity contribution in [2.75, 3.05) is 55.7 Å². The second-order valence-electron chi connectivity index (χ2n) is 35.4. The van der Waals surface area contributed by atoms with Crippen LogP contribution in [0.15, 0.2) is 322 Å². The first-order valence-electron chi connectivity index (χ1n) is 45.9. The van der Waals surface area contributed by atoms with Crippen molar-refractivity contribution >= 4 is 122 Å². The Bertz CT molecular complexity index is 7790. The average Bonchev–Trinajstić information content (AvgIpc) is 1.61. The number of amides is 8. The highest BCUT2D eigenvalue weighted by molar-refractivity contribution is 6.38. The quantitative estimate of drug-likeness (QED) is 0.0185. The number of ether oxygens (including phenoxy) is 2. The van der Waals surface area contributed by atoms with Gasteiger partial charge in [0.25, 0.3) is 64.3 Å². The van der Waals surface area contributed by atoms with Gasteiger partial charge in [-0.25, -0.2) is 29.2 Å². The van der Waals surface area contributed by atoms with Gasteiger partial charge in [-0.3, -0.25) is 68.7 Å². The van der Waals surface area contributed by atoms with Crippen LogP contribution in [0.25, 0.3) is 89.0 Å². The van der Waals surface area contributed by atoms with Crippen LogP contribution in [-0.2, 0) is 9.47 Å². The van der Waals surface area contributed by atoms with Crippen molar-refractivity contribution in [1.29, 1.82) is 0 Å². The van der Waals surface area contributed by atoms with Gasteiger partial charge >= 0.3 is 11.9 Å². The Morgan fingerprint density at radius 2 is 0.407 bits per heavy atom. The van der Waals surface area contributed by atoms with E-state index in [0.29, 0.717) is 89.8 Å². The third kappa shape index (κ3) is 18.9. The zero-order valence-electron chi connectivity index (χ0n) is 78.7. The minimum atomic E-state index is -0.672. The maximum Gasteiger partial charge on any atom is 0.346 e. The first kappa shape index (κ1) is 95.9. The van der Waals surface area contributed by atoms with Gasteiger partial charge < -0.3 is 32.4 Å². The number of nitrogens with two attached hydrogens (primary N) is 4. The number of nitrogen functional groups attached to an aromatic ring is 4. The number of benzene rings is 16. The molecule has 6 aliphatic heterocycles. The van der Waals surface area contributed by atoms with E-state index in [9.17, 15) is 78.3 Å². The average molecular weight is 1920 g/mol. The molecule has 16 aromatic carbocycles. The van der Waals surface area contributed by atoms with Crippen molar-refractivity contribution < 1.29 is 72.2 Å². The van der Waals surface area contributed by atoms with Crippen LogP contribution < -0.4 is 42.5 Å². The Kier molecular flexibility index (Phi) is 26.1. The minimum absolute atomic E-state index is 0.00972. The molecule has 22 rings (SSSR count). The highest BCUT2D eigenvalue weighted by Gasteiger charge is 2.42. The summed E-state index contributed by atoms with van der Waals surface area (Å²) in [6.07, 6.45) is 2.56. The molecule has 1 saturated heterocycles. The molecule has 0 spiro atoms. The Balaban J connectivity index is 0.000000138. The molecule has 6 aliphatic rings.